The summed E-state index contributed by atoms with van der Waals surface area (Å²) in [6, 6.07) is 8.83. The number of aromatic nitrogens is 7. The molecule has 2 amide bonds. The van der Waals surface area contributed by atoms with Crippen LogP contribution in [0, 0.1) is 11.7 Å². The Bertz CT molecular complexity index is 2210. The monoisotopic (exact) mass is 767 g/mol. The summed E-state index contributed by atoms with van der Waals surface area (Å²) < 4.78 is 20.4. The quantitative estimate of drug-likeness (QED) is 0.148. The molecule has 2 aromatic carbocycles. The highest BCUT2D eigenvalue weighted by atomic mass is 19.1. The van der Waals surface area contributed by atoms with Gasteiger partial charge in [-0.25, -0.2) is 9.07 Å². The second-order valence-electron chi connectivity index (χ2n) is 15.4. The molecule has 3 aromatic heterocycles. The van der Waals surface area contributed by atoms with Gasteiger partial charge >= 0.3 is 5.97 Å². The third kappa shape index (κ3) is 9.14. The molecule has 15 heteroatoms. The van der Waals surface area contributed by atoms with Crippen LogP contribution < -0.4 is 5.32 Å². The average Bonchev–Trinajstić information content (AvgIpc) is 3.91. The third-order valence-electron chi connectivity index (χ3n) is 11.4. The minimum absolute atomic E-state index is 0.00597. The van der Waals surface area contributed by atoms with Gasteiger partial charge in [-0.1, -0.05) is 68.7 Å². The first kappa shape index (κ1) is 38.8. The number of piperidine rings is 1. The lowest BCUT2D eigenvalue weighted by Gasteiger charge is -2.31. The van der Waals surface area contributed by atoms with Crippen molar-refractivity contribution in [2.24, 2.45) is 13.0 Å². The fourth-order valence-corrected chi connectivity index (χ4v) is 8.44. The van der Waals surface area contributed by atoms with Crippen LogP contribution in [0.3, 0.4) is 0 Å². The summed E-state index contributed by atoms with van der Waals surface area (Å²) in [7, 11) is 1.81. The van der Waals surface area contributed by atoms with Crippen LogP contribution in [0.4, 0.5) is 4.39 Å². The minimum Gasteiger partial charge on any atom is -0.480 e. The van der Waals surface area contributed by atoms with Gasteiger partial charge < -0.3 is 15.3 Å². The molecular weight excluding hydrogens is 718 g/mol. The van der Waals surface area contributed by atoms with E-state index in [1.807, 2.05) is 30.1 Å². The van der Waals surface area contributed by atoms with Gasteiger partial charge in [0.1, 0.15) is 30.4 Å². The number of likely N-dealkylation sites (tertiary alicyclic amines) is 1. The number of nitrogens with one attached hydrogen (secondary N) is 1. The van der Waals surface area contributed by atoms with E-state index in [4.69, 9.17) is 10.2 Å². The number of carbonyl (C=O) groups excluding carboxylic acids is 3. The zero-order valence-electron chi connectivity index (χ0n) is 32.0. The van der Waals surface area contributed by atoms with Gasteiger partial charge in [0.15, 0.2) is 0 Å². The summed E-state index contributed by atoms with van der Waals surface area (Å²) in [5.41, 5.74) is 3.64. The number of carbonyl (C=O) groups is 4. The van der Waals surface area contributed by atoms with Crippen LogP contribution in [0.25, 0.3) is 32.9 Å². The Morgan fingerprint density at radius 2 is 1.66 bits per heavy atom. The largest absolute Gasteiger partial charge is 0.480 e. The van der Waals surface area contributed by atoms with Crippen molar-refractivity contribution in [3.05, 3.63) is 59.9 Å². The first-order valence-corrected chi connectivity index (χ1v) is 19.9. The molecule has 0 atom stereocenters. The van der Waals surface area contributed by atoms with Crippen molar-refractivity contribution in [1.82, 2.24) is 44.8 Å². The molecule has 4 heterocycles. The Kier molecular flexibility index (Phi) is 12.2. The maximum atomic E-state index is 15.9. The molecule has 0 bridgehead atoms. The molecule has 1 saturated carbocycles. The van der Waals surface area contributed by atoms with E-state index >= 15 is 4.39 Å². The van der Waals surface area contributed by atoms with E-state index < -0.39 is 11.8 Å². The first-order chi connectivity index (χ1) is 27.1. The Labute approximate surface area is 324 Å². The van der Waals surface area contributed by atoms with Crippen molar-refractivity contribution >= 4 is 45.4 Å². The van der Waals surface area contributed by atoms with E-state index in [2.05, 4.69) is 20.7 Å². The zero-order valence-corrected chi connectivity index (χ0v) is 32.0. The van der Waals surface area contributed by atoms with Crippen LogP contribution in [0.1, 0.15) is 101 Å². The number of Topliss-reactive ketones (excluding diaryl/α,β-unsaturated/α-hetero) is 1. The molecule has 2 aliphatic rings. The standard InChI is InChI=1S/C41H50FN9O5/c1-48-36-21-33(34(42)20-29(36)22-44-48)32-11-8-12-35-40(32)41(46-51(35)25-37(53)43-23-30-24-50(47-45-30)26-39(55)56)28-15-17-49(18-16-28)38(54)14-13-31(52)19-27-9-6-4-2-3-5-7-10-27/h8,11-12,20-22,24,27-28H,2-7,9-10,13-19,23,25-26H2,1H3,(H,43,53)(H,55,56). The highest BCUT2D eigenvalue weighted by molar-refractivity contribution is 6.00. The minimum atomic E-state index is -1.05. The Morgan fingerprint density at radius 3 is 2.41 bits per heavy atom. The molecule has 1 aliphatic heterocycles. The normalized spacial score (nSPS) is 16.1. The average molecular weight is 768 g/mol. The van der Waals surface area contributed by atoms with Gasteiger partial charge in [-0.05, 0) is 42.5 Å². The van der Waals surface area contributed by atoms with E-state index in [9.17, 15) is 19.2 Å². The van der Waals surface area contributed by atoms with E-state index in [1.54, 1.807) is 21.6 Å². The van der Waals surface area contributed by atoms with Gasteiger partial charge in [0.05, 0.1) is 35.7 Å². The number of amides is 2. The summed E-state index contributed by atoms with van der Waals surface area (Å²) in [5, 5.41) is 30.3. The lowest BCUT2D eigenvalue weighted by atomic mass is 9.88. The molecule has 56 heavy (non-hydrogen) atoms. The van der Waals surface area contributed by atoms with Crippen LogP contribution in [-0.2, 0) is 45.9 Å². The van der Waals surface area contributed by atoms with E-state index in [1.165, 1.54) is 55.5 Å². The molecule has 296 valence electrons. The number of carboxylic acid groups (broad SMARTS) is 1. The molecule has 0 spiro atoms. The summed E-state index contributed by atoms with van der Waals surface area (Å²) >= 11 is 0. The smallest absolute Gasteiger partial charge is 0.325 e. The van der Waals surface area contributed by atoms with Crippen molar-refractivity contribution in [2.75, 3.05) is 13.1 Å². The van der Waals surface area contributed by atoms with Gasteiger partial charge in [-0.15, -0.1) is 5.10 Å². The van der Waals surface area contributed by atoms with E-state index in [0.717, 1.165) is 29.4 Å². The number of aliphatic carboxylic acids is 1. The van der Waals surface area contributed by atoms with E-state index in [0.29, 0.717) is 66.0 Å². The third-order valence-corrected chi connectivity index (χ3v) is 11.4. The van der Waals surface area contributed by atoms with Gasteiger partial charge in [-0.3, -0.25) is 28.5 Å². The number of fused-ring (bicyclic) bond motifs is 2. The predicted octanol–water partition coefficient (Wildman–Crippen LogP) is 5.92. The fraction of sp³-hybridized carbons (Fsp3) is 0.512. The number of hydrogen-bond acceptors (Lipinski definition) is 8. The number of carboxylic acids is 1. The SMILES string of the molecule is Cn1ncc2cc(F)c(-c3cccc4c3c(C3CCN(C(=O)CCC(=O)CC5CCCCCCCC5)CC3)nn4CC(=O)NCc3cn(CC(=O)O)nn3)cc21. The molecule has 7 rings (SSSR count). The predicted molar refractivity (Wildman–Crippen MR) is 207 cm³/mol. The Balaban J connectivity index is 1.07. The van der Waals surface area contributed by atoms with Gasteiger partial charge in [0.2, 0.25) is 11.8 Å². The van der Waals surface area contributed by atoms with Crippen molar-refractivity contribution in [1.29, 1.82) is 0 Å². The van der Waals surface area contributed by atoms with Gasteiger partial charge in [0, 0.05) is 61.7 Å². The van der Waals surface area contributed by atoms with Crippen LogP contribution in [0.15, 0.2) is 42.7 Å². The fourth-order valence-electron chi connectivity index (χ4n) is 8.44. The summed E-state index contributed by atoms with van der Waals surface area (Å²) in [5.74, 6) is -1.25. The molecule has 2 fully saturated rings. The summed E-state index contributed by atoms with van der Waals surface area (Å²) in [6.45, 7) is 0.597. The molecule has 5 aromatic rings. The number of hydrogen-bond donors (Lipinski definition) is 2. The number of rotatable bonds is 13. The second-order valence-corrected chi connectivity index (χ2v) is 15.4. The summed E-state index contributed by atoms with van der Waals surface area (Å²) in [6.07, 6.45) is 15.1. The van der Waals surface area contributed by atoms with Crippen LogP contribution in [0.5, 0.6) is 0 Å². The van der Waals surface area contributed by atoms with Gasteiger partial charge in [-0.2, -0.15) is 10.2 Å². The van der Waals surface area contributed by atoms with Crippen molar-refractivity contribution in [3.8, 4) is 11.1 Å². The lowest BCUT2D eigenvalue weighted by molar-refractivity contribution is -0.138. The maximum absolute atomic E-state index is 15.9. The highest BCUT2D eigenvalue weighted by Crippen LogP contribution is 2.40. The molecular formula is C41H50FN9O5. The summed E-state index contributed by atoms with van der Waals surface area (Å²) in [4.78, 5) is 52.5. The molecule has 1 saturated heterocycles. The van der Waals surface area contributed by atoms with Crippen molar-refractivity contribution in [2.45, 2.75) is 109 Å². The molecule has 0 unspecified atom stereocenters. The lowest BCUT2D eigenvalue weighted by Crippen LogP contribution is -2.38. The van der Waals surface area contributed by atoms with Crippen LogP contribution in [0.2, 0.25) is 0 Å². The topological polar surface area (TPSA) is 170 Å². The number of aryl methyl sites for hydroxylation is 1. The number of halogens is 1. The maximum Gasteiger partial charge on any atom is 0.325 e. The van der Waals surface area contributed by atoms with E-state index in [-0.39, 0.29) is 56.0 Å². The van der Waals surface area contributed by atoms with Crippen LogP contribution >= 0.6 is 0 Å². The number of nitrogens with zero attached hydrogens (tertiary/aromatic N) is 8. The second kappa shape index (κ2) is 17.5. The Hall–Kier alpha value is -5.47. The Morgan fingerprint density at radius 1 is 0.911 bits per heavy atom. The van der Waals surface area contributed by atoms with Crippen molar-refractivity contribution in [3.63, 3.8) is 0 Å². The number of ketones is 1. The van der Waals surface area contributed by atoms with Crippen molar-refractivity contribution < 1.29 is 28.7 Å². The first-order valence-electron chi connectivity index (χ1n) is 19.9. The van der Waals surface area contributed by atoms with Gasteiger partial charge in [0.25, 0.3) is 0 Å². The molecule has 0 radical (unpaired) electrons. The van der Waals surface area contributed by atoms with Crippen LogP contribution in [-0.4, -0.2) is 81.2 Å². The zero-order chi connectivity index (χ0) is 39.2. The molecule has 2 N–H and O–H groups in total. The molecule has 14 nitrogen and oxygen atoms in total. The molecule has 1 aliphatic carbocycles. The number of benzene rings is 2. The highest BCUT2D eigenvalue weighted by Gasteiger charge is 2.30.